The average molecular weight is 554 g/mol. The average Bonchev–Trinajstić information content (AvgIpc) is 2.78. The van der Waals surface area contributed by atoms with Crippen LogP contribution < -0.4 is 10.1 Å². The number of benzene rings is 3. The molecule has 198 valence electrons. The molecule has 0 aromatic heterocycles. The van der Waals surface area contributed by atoms with Crippen LogP contribution in [0.4, 0.5) is 18.9 Å². The third kappa shape index (κ3) is 8.23. The Morgan fingerprint density at radius 3 is 2.14 bits per heavy atom. The molecule has 1 N–H and O–H groups in total. The number of amides is 1. The Balaban J connectivity index is 1.77. The molecule has 0 heterocycles. The van der Waals surface area contributed by atoms with Crippen LogP contribution in [0.15, 0.2) is 60.7 Å². The molecule has 0 spiro atoms. The summed E-state index contributed by atoms with van der Waals surface area (Å²) >= 11 is 6.41. The molecule has 0 saturated carbocycles. The fraction of sp³-hybridized carbons (Fsp3) is 0.296. The van der Waals surface area contributed by atoms with Gasteiger partial charge in [0.2, 0.25) is 5.91 Å². The van der Waals surface area contributed by atoms with Gasteiger partial charge in [0.15, 0.2) is 0 Å². The van der Waals surface area contributed by atoms with E-state index in [1.54, 1.807) is 49.4 Å². The summed E-state index contributed by atoms with van der Waals surface area (Å²) in [5.41, 5.74) is 2.92. The lowest BCUT2D eigenvalue weighted by molar-refractivity contribution is -0.274. The van der Waals surface area contributed by atoms with Gasteiger partial charge >= 0.3 is 6.36 Å². The molecular weight excluding hydrogens is 527 g/mol. The lowest BCUT2D eigenvalue weighted by Gasteiger charge is -2.17. The Morgan fingerprint density at radius 1 is 0.946 bits per heavy atom. The molecule has 0 radical (unpaired) electrons. The van der Waals surface area contributed by atoms with Gasteiger partial charge in [-0.15, -0.1) is 13.2 Å². The Kier molecular flexibility index (Phi) is 9.26. The molecule has 1 atom stereocenters. The number of hydrogen-bond acceptors (Lipinski definition) is 4. The second-order valence-electron chi connectivity index (χ2n) is 9.10. The summed E-state index contributed by atoms with van der Waals surface area (Å²) in [5.74, 6) is -0.427. The minimum absolute atomic E-state index is 0.0401. The van der Waals surface area contributed by atoms with E-state index >= 15 is 0 Å². The van der Waals surface area contributed by atoms with Crippen molar-refractivity contribution in [3.8, 4) is 16.9 Å². The highest BCUT2D eigenvalue weighted by Gasteiger charge is 2.32. The van der Waals surface area contributed by atoms with Crippen LogP contribution >= 0.6 is 11.6 Å². The maximum absolute atomic E-state index is 13.1. The third-order valence-electron chi connectivity index (χ3n) is 5.60. The fourth-order valence-corrected chi connectivity index (χ4v) is 4.53. The van der Waals surface area contributed by atoms with E-state index in [0.29, 0.717) is 34.4 Å². The van der Waals surface area contributed by atoms with Crippen LogP contribution in [0.2, 0.25) is 5.02 Å². The normalized spacial score (nSPS) is 12.6. The zero-order chi connectivity index (χ0) is 27.3. The number of carbonyl (C=O) groups is 1. The predicted octanol–water partition coefficient (Wildman–Crippen LogP) is 6.96. The highest BCUT2D eigenvalue weighted by atomic mass is 35.5. The Bertz CT molecular complexity index is 1330. The van der Waals surface area contributed by atoms with Crippen LogP contribution in [-0.2, 0) is 28.3 Å². The van der Waals surface area contributed by atoms with Gasteiger partial charge in [-0.05, 0) is 54.2 Å². The van der Waals surface area contributed by atoms with Crippen molar-refractivity contribution in [1.82, 2.24) is 0 Å². The summed E-state index contributed by atoms with van der Waals surface area (Å²) < 4.78 is 65.8. The lowest BCUT2D eigenvalue weighted by Crippen LogP contribution is -2.18. The largest absolute Gasteiger partial charge is 0.573 e. The molecule has 0 saturated heterocycles. The molecule has 1 amide bonds. The number of rotatable bonds is 9. The molecule has 0 aliphatic rings. The van der Waals surface area contributed by atoms with Crippen LogP contribution in [0.1, 0.15) is 42.7 Å². The van der Waals surface area contributed by atoms with Crippen LogP contribution in [0.5, 0.6) is 5.75 Å². The molecule has 0 bridgehead atoms. The number of carbonyl (C=O) groups excluding carboxylic acids is 1. The molecule has 0 fully saturated rings. The number of hydrogen-bond donors (Lipinski definition) is 2. The Hall–Kier alpha value is -3.04. The molecule has 0 aliphatic heterocycles. The van der Waals surface area contributed by atoms with Crippen LogP contribution in [0.3, 0.4) is 0 Å². The summed E-state index contributed by atoms with van der Waals surface area (Å²) in [6.07, 6.45) is -4.24. The van der Waals surface area contributed by atoms with Gasteiger partial charge in [-0.3, -0.25) is 4.79 Å². The molecule has 3 aromatic rings. The number of nitrogens with one attached hydrogen (secondary N) is 1. The van der Waals surface area contributed by atoms with E-state index in [-0.39, 0.29) is 34.6 Å². The lowest BCUT2D eigenvalue weighted by atomic mass is 9.98. The van der Waals surface area contributed by atoms with E-state index in [1.165, 1.54) is 18.2 Å². The summed E-state index contributed by atoms with van der Waals surface area (Å²) in [6.45, 7) is 5.52. The van der Waals surface area contributed by atoms with E-state index in [9.17, 15) is 26.4 Å². The quantitative estimate of drug-likeness (QED) is 0.281. The summed E-state index contributed by atoms with van der Waals surface area (Å²) in [5, 5.41) is 2.24. The second kappa shape index (κ2) is 12.0. The number of halogens is 4. The first-order valence-corrected chi connectivity index (χ1v) is 13.2. The molecular formula is C27H27ClF3NO4S. The minimum Gasteiger partial charge on any atom is -0.405 e. The van der Waals surface area contributed by atoms with Crippen molar-refractivity contribution >= 4 is 33.9 Å². The van der Waals surface area contributed by atoms with Crippen molar-refractivity contribution in [3.63, 3.8) is 0 Å². The van der Waals surface area contributed by atoms with E-state index in [1.807, 2.05) is 13.8 Å². The maximum atomic E-state index is 13.1. The Morgan fingerprint density at radius 2 is 1.57 bits per heavy atom. The first kappa shape index (κ1) is 28.5. The standard InChI is InChI=1S/C27H27ClF3NO4S/c1-16(2)12-19-6-10-23(25(13-19)36-27(29,30)31)22-11-9-21(15-24(22)28)32-26(33)14-18-4-7-20(8-5-18)17(3)37(34)35/h4-11,13,15-17,37H,12,14H2,1-3H3,(H,32,33). The molecule has 1 unspecified atom stereocenters. The molecule has 0 aliphatic carbocycles. The first-order valence-electron chi connectivity index (χ1n) is 11.5. The topological polar surface area (TPSA) is 72.5 Å². The van der Waals surface area contributed by atoms with Crippen LogP contribution in [0.25, 0.3) is 11.1 Å². The van der Waals surface area contributed by atoms with Crippen molar-refractivity contribution in [1.29, 1.82) is 0 Å². The fourth-order valence-electron chi connectivity index (χ4n) is 3.83. The maximum Gasteiger partial charge on any atom is 0.573 e. The van der Waals surface area contributed by atoms with Crippen LogP contribution in [0, 0.1) is 5.92 Å². The first-order chi connectivity index (χ1) is 17.3. The van der Waals surface area contributed by atoms with Crippen molar-refractivity contribution < 1.29 is 31.1 Å². The highest BCUT2D eigenvalue weighted by Crippen LogP contribution is 2.39. The molecule has 3 aromatic carbocycles. The van der Waals surface area contributed by atoms with Gasteiger partial charge < -0.3 is 10.1 Å². The molecule has 3 rings (SSSR count). The molecule has 37 heavy (non-hydrogen) atoms. The summed E-state index contributed by atoms with van der Waals surface area (Å²) in [4.78, 5) is 12.5. The zero-order valence-electron chi connectivity index (χ0n) is 20.4. The number of ether oxygens (including phenoxy) is 1. The van der Waals surface area contributed by atoms with E-state index in [2.05, 4.69) is 10.1 Å². The van der Waals surface area contributed by atoms with Crippen molar-refractivity contribution in [2.75, 3.05) is 5.32 Å². The number of thiol groups is 1. The summed E-state index contributed by atoms with van der Waals surface area (Å²) in [6, 6.07) is 15.9. The van der Waals surface area contributed by atoms with Gasteiger partial charge in [-0.1, -0.05) is 67.9 Å². The monoisotopic (exact) mass is 553 g/mol. The smallest absolute Gasteiger partial charge is 0.405 e. The zero-order valence-corrected chi connectivity index (χ0v) is 22.1. The molecule has 10 heteroatoms. The van der Waals surface area contributed by atoms with Gasteiger partial charge in [0, 0.05) is 16.8 Å². The third-order valence-corrected chi connectivity index (χ3v) is 6.85. The van der Waals surface area contributed by atoms with Crippen molar-refractivity contribution in [3.05, 3.63) is 82.4 Å². The van der Waals surface area contributed by atoms with Gasteiger partial charge in [0.25, 0.3) is 0 Å². The SMILES string of the molecule is CC(C)Cc1ccc(-c2ccc(NC(=O)Cc3ccc(C(C)[SH](=O)=O)cc3)cc2Cl)c(OC(F)(F)F)c1. The highest BCUT2D eigenvalue weighted by molar-refractivity contribution is 7.72. The second-order valence-corrected chi connectivity index (χ2v) is 10.9. The number of alkyl halides is 3. The summed E-state index contributed by atoms with van der Waals surface area (Å²) in [7, 11) is -2.59. The van der Waals surface area contributed by atoms with E-state index in [4.69, 9.17) is 11.6 Å². The van der Waals surface area contributed by atoms with E-state index in [0.717, 1.165) is 0 Å². The van der Waals surface area contributed by atoms with Gasteiger partial charge in [-0.2, -0.15) is 0 Å². The Labute approximate surface area is 220 Å². The number of anilines is 1. The predicted molar refractivity (Wildman–Crippen MR) is 140 cm³/mol. The van der Waals surface area contributed by atoms with Crippen LogP contribution in [-0.4, -0.2) is 20.7 Å². The molecule has 5 nitrogen and oxygen atoms in total. The van der Waals surface area contributed by atoms with Gasteiger partial charge in [-0.25, -0.2) is 8.42 Å². The van der Waals surface area contributed by atoms with Crippen molar-refractivity contribution in [2.45, 2.75) is 45.2 Å². The van der Waals surface area contributed by atoms with Gasteiger partial charge in [0.05, 0.1) is 16.7 Å². The van der Waals surface area contributed by atoms with E-state index < -0.39 is 22.3 Å². The van der Waals surface area contributed by atoms with Crippen molar-refractivity contribution in [2.24, 2.45) is 5.92 Å². The van der Waals surface area contributed by atoms with Gasteiger partial charge in [0.1, 0.15) is 16.5 Å². The minimum atomic E-state index is -4.87.